The molecule has 6 heteroatoms. The summed E-state index contributed by atoms with van der Waals surface area (Å²) < 4.78 is 0. The molecule has 1 aliphatic rings. The van der Waals surface area contributed by atoms with Crippen LogP contribution in [0.15, 0.2) is 0 Å². The highest BCUT2D eigenvalue weighted by molar-refractivity contribution is 7.99. The molecule has 0 aromatic carbocycles. The zero-order valence-electron chi connectivity index (χ0n) is 12.0. The molecule has 0 aromatic heterocycles. The summed E-state index contributed by atoms with van der Waals surface area (Å²) in [6.07, 6.45) is 5.11. The van der Waals surface area contributed by atoms with Gasteiger partial charge >= 0.3 is 12.0 Å². The number of carboxylic acids is 1. The number of amides is 2. The normalized spacial score (nSPS) is 24.8. The Bertz CT molecular complexity index is 341. The molecule has 2 unspecified atom stereocenters. The van der Waals surface area contributed by atoms with Crippen molar-refractivity contribution in [2.75, 3.05) is 6.26 Å². The second kappa shape index (κ2) is 6.50. The van der Waals surface area contributed by atoms with Gasteiger partial charge in [-0.15, -0.1) is 0 Å². The van der Waals surface area contributed by atoms with E-state index in [-0.39, 0.29) is 12.1 Å². The second-order valence-corrected chi connectivity index (χ2v) is 7.26. The lowest BCUT2D eigenvalue weighted by Gasteiger charge is -2.28. The molecule has 3 N–H and O–H groups in total. The van der Waals surface area contributed by atoms with E-state index < -0.39 is 17.4 Å². The van der Waals surface area contributed by atoms with Crippen LogP contribution in [0.4, 0.5) is 4.79 Å². The summed E-state index contributed by atoms with van der Waals surface area (Å²) in [6, 6.07) is -1.11. The largest absolute Gasteiger partial charge is 0.480 e. The highest BCUT2D eigenvalue weighted by atomic mass is 32.2. The zero-order chi connectivity index (χ0) is 14.6. The maximum Gasteiger partial charge on any atom is 0.326 e. The minimum Gasteiger partial charge on any atom is -0.480 e. The Morgan fingerprint density at radius 2 is 1.95 bits per heavy atom. The number of hydrogen-bond donors (Lipinski definition) is 3. The number of urea groups is 1. The summed E-state index contributed by atoms with van der Waals surface area (Å²) in [5.41, 5.74) is -0.513. The van der Waals surface area contributed by atoms with E-state index >= 15 is 0 Å². The van der Waals surface area contributed by atoms with Gasteiger partial charge in [-0.05, 0) is 30.9 Å². The van der Waals surface area contributed by atoms with Crippen LogP contribution in [0.25, 0.3) is 0 Å². The lowest BCUT2D eigenvalue weighted by atomic mass is 9.87. The third kappa shape index (κ3) is 4.93. The molecular formula is C13H24N2O3S. The van der Waals surface area contributed by atoms with Crippen LogP contribution >= 0.6 is 11.8 Å². The monoisotopic (exact) mass is 288 g/mol. The first-order valence-electron chi connectivity index (χ1n) is 6.56. The standard InChI is InChI=1S/C13H24N2O3S/c1-13(2,3)10(11(16)17)15-12(18)14-8-5-6-9(7-8)19-4/h8-10H,5-7H2,1-4H3,(H,16,17)(H2,14,15,18)/t8?,9?,10-/m0/s1. The van der Waals surface area contributed by atoms with Crippen LogP contribution in [-0.4, -0.2) is 40.7 Å². The van der Waals surface area contributed by atoms with E-state index in [9.17, 15) is 9.59 Å². The summed E-state index contributed by atoms with van der Waals surface area (Å²) in [7, 11) is 0. The van der Waals surface area contributed by atoms with E-state index in [1.807, 2.05) is 11.8 Å². The van der Waals surface area contributed by atoms with Gasteiger partial charge in [0.2, 0.25) is 0 Å². The predicted octanol–water partition coefficient (Wildman–Crippen LogP) is 2.07. The SMILES string of the molecule is CSC1CCC(NC(=O)N[C@@H](C(=O)O)C(C)(C)C)C1. The lowest BCUT2D eigenvalue weighted by molar-refractivity contribution is -0.141. The average Bonchev–Trinajstić information content (AvgIpc) is 2.71. The molecule has 0 aromatic rings. The van der Waals surface area contributed by atoms with Crippen molar-refractivity contribution >= 4 is 23.8 Å². The number of aliphatic carboxylic acids is 1. The van der Waals surface area contributed by atoms with Crippen molar-refractivity contribution < 1.29 is 14.7 Å². The number of hydrogen-bond acceptors (Lipinski definition) is 3. The summed E-state index contributed by atoms with van der Waals surface area (Å²) in [5.74, 6) is -1.00. The van der Waals surface area contributed by atoms with Crippen LogP contribution in [0.1, 0.15) is 40.0 Å². The van der Waals surface area contributed by atoms with Gasteiger partial charge in [0.15, 0.2) is 0 Å². The van der Waals surface area contributed by atoms with Gasteiger partial charge < -0.3 is 15.7 Å². The Kier molecular flexibility index (Phi) is 5.52. The maximum absolute atomic E-state index is 11.9. The molecule has 0 radical (unpaired) electrons. The van der Waals surface area contributed by atoms with E-state index in [0.29, 0.717) is 5.25 Å². The molecule has 1 fully saturated rings. The Hall–Kier alpha value is -0.910. The zero-order valence-corrected chi connectivity index (χ0v) is 12.8. The van der Waals surface area contributed by atoms with Gasteiger partial charge in [-0.25, -0.2) is 9.59 Å². The van der Waals surface area contributed by atoms with Crippen LogP contribution < -0.4 is 10.6 Å². The number of carboxylic acid groups (broad SMARTS) is 1. The van der Waals surface area contributed by atoms with Crippen molar-refractivity contribution in [2.45, 2.75) is 57.4 Å². The predicted molar refractivity (Wildman–Crippen MR) is 77.5 cm³/mol. The molecule has 0 aliphatic heterocycles. The topological polar surface area (TPSA) is 78.4 Å². The first-order chi connectivity index (χ1) is 8.74. The van der Waals surface area contributed by atoms with Crippen LogP contribution in [0.2, 0.25) is 0 Å². The fraction of sp³-hybridized carbons (Fsp3) is 0.846. The summed E-state index contributed by atoms with van der Waals surface area (Å²) in [4.78, 5) is 23.0. The molecule has 2 amide bonds. The number of nitrogens with one attached hydrogen (secondary N) is 2. The van der Waals surface area contributed by atoms with Crippen molar-refractivity contribution in [3.8, 4) is 0 Å². The van der Waals surface area contributed by atoms with E-state index in [4.69, 9.17) is 5.11 Å². The molecular weight excluding hydrogens is 264 g/mol. The van der Waals surface area contributed by atoms with Gasteiger partial charge in [0.1, 0.15) is 6.04 Å². The van der Waals surface area contributed by atoms with E-state index in [0.717, 1.165) is 19.3 Å². The fourth-order valence-electron chi connectivity index (χ4n) is 2.29. The van der Waals surface area contributed by atoms with Crippen LogP contribution in [0.3, 0.4) is 0 Å². The summed E-state index contributed by atoms with van der Waals surface area (Å²) >= 11 is 1.82. The van der Waals surface area contributed by atoms with Crippen LogP contribution in [0.5, 0.6) is 0 Å². The van der Waals surface area contributed by atoms with Gasteiger partial charge in [0, 0.05) is 11.3 Å². The Morgan fingerprint density at radius 3 is 2.37 bits per heavy atom. The Balaban J connectivity index is 2.48. The summed E-state index contributed by atoms with van der Waals surface area (Å²) in [5, 5.41) is 15.2. The smallest absolute Gasteiger partial charge is 0.326 e. The third-order valence-electron chi connectivity index (χ3n) is 3.44. The molecule has 5 nitrogen and oxygen atoms in total. The van der Waals surface area contributed by atoms with Gasteiger partial charge in [0.25, 0.3) is 0 Å². The molecule has 0 bridgehead atoms. The van der Waals surface area contributed by atoms with Crippen LogP contribution in [-0.2, 0) is 4.79 Å². The average molecular weight is 288 g/mol. The van der Waals surface area contributed by atoms with Gasteiger partial charge in [-0.3, -0.25) is 0 Å². The molecule has 1 aliphatic carbocycles. The molecule has 3 atom stereocenters. The molecule has 110 valence electrons. The highest BCUT2D eigenvalue weighted by Crippen LogP contribution is 2.28. The lowest BCUT2D eigenvalue weighted by Crippen LogP contribution is -2.53. The number of carbonyl (C=O) groups excluding carboxylic acids is 1. The van der Waals surface area contributed by atoms with Gasteiger partial charge in [-0.1, -0.05) is 20.8 Å². The molecule has 1 rings (SSSR count). The molecule has 0 heterocycles. The van der Waals surface area contributed by atoms with Gasteiger partial charge in [0.05, 0.1) is 0 Å². The molecule has 0 saturated heterocycles. The number of carbonyl (C=O) groups is 2. The van der Waals surface area contributed by atoms with Crippen molar-refractivity contribution in [1.29, 1.82) is 0 Å². The fourth-order valence-corrected chi connectivity index (χ4v) is 3.09. The maximum atomic E-state index is 11.9. The first-order valence-corrected chi connectivity index (χ1v) is 7.85. The number of thioether (sulfide) groups is 1. The van der Waals surface area contributed by atoms with Crippen molar-refractivity contribution in [3.63, 3.8) is 0 Å². The second-order valence-electron chi connectivity index (χ2n) is 6.12. The third-order valence-corrected chi connectivity index (χ3v) is 4.54. The van der Waals surface area contributed by atoms with E-state index in [1.165, 1.54) is 0 Å². The van der Waals surface area contributed by atoms with E-state index in [2.05, 4.69) is 16.9 Å². The van der Waals surface area contributed by atoms with Crippen molar-refractivity contribution in [3.05, 3.63) is 0 Å². The van der Waals surface area contributed by atoms with Crippen molar-refractivity contribution in [2.24, 2.45) is 5.41 Å². The van der Waals surface area contributed by atoms with E-state index in [1.54, 1.807) is 20.8 Å². The van der Waals surface area contributed by atoms with Crippen LogP contribution in [0, 0.1) is 5.41 Å². The Labute approximate surface area is 118 Å². The minimum absolute atomic E-state index is 0.159. The molecule has 19 heavy (non-hydrogen) atoms. The number of rotatable bonds is 4. The highest BCUT2D eigenvalue weighted by Gasteiger charge is 2.33. The first kappa shape index (κ1) is 16.1. The summed E-state index contributed by atoms with van der Waals surface area (Å²) in [6.45, 7) is 5.39. The molecule has 1 saturated carbocycles. The Morgan fingerprint density at radius 1 is 1.32 bits per heavy atom. The van der Waals surface area contributed by atoms with Gasteiger partial charge in [-0.2, -0.15) is 11.8 Å². The van der Waals surface area contributed by atoms with Crippen molar-refractivity contribution in [1.82, 2.24) is 10.6 Å². The minimum atomic E-state index is -1.00. The quantitative estimate of drug-likeness (QED) is 0.740. The molecule has 0 spiro atoms.